The lowest BCUT2D eigenvalue weighted by Crippen LogP contribution is -2.37. The Morgan fingerprint density at radius 2 is 1.61 bits per heavy atom. The van der Waals surface area contributed by atoms with E-state index in [0.717, 1.165) is 49.4 Å². The van der Waals surface area contributed by atoms with E-state index in [-0.39, 0.29) is 6.42 Å². The van der Waals surface area contributed by atoms with E-state index in [1.807, 2.05) is 52.0 Å². The van der Waals surface area contributed by atoms with E-state index in [1.54, 1.807) is 18.2 Å². The topological polar surface area (TPSA) is 67.3 Å². The van der Waals surface area contributed by atoms with Gasteiger partial charge >= 0.3 is 0 Å². The van der Waals surface area contributed by atoms with E-state index in [1.165, 1.54) is 0 Å². The van der Waals surface area contributed by atoms with Crippen molar-refractivity contribution in [1.82, 2.24) is 4.98 Å². The monoisotopic (exact) mass is 396 g/mol. The van der Waals surface area contributed by atoms with Gasteiger partial charge in [0.05, 0.1) is 23.9 Å². The minimum Gasteiger partial charge on any atom is -0.273 e. The van der Waals surface area contributed by atoms with Gasteiger partial charge in [-0.2, -0.15) is 0 Å². The molecule has 5 nitrogen and oxygen atoms in total. The molecule has 3 rings (SSSR count). The molecule has 1 amide bonds. The quantitative estimate of drug-likeness (QED) is 0.668. The molecule has 0 N–H and O–H groups in total. The highest BCUT2D eigenvalue weighted by molar-refractivity contribution is 7.92. The van der Waals surface area contributed by atoms with Gasteiger partial charge in [-0.3, -0.25) is 9.78 Å². The van der Waals surface area contributed by atoms with Crippen molar-refractivity contribution in [3.05, 3.63) is 70.4 Å². The Morgan fingerprint density at radius 3 is 2.21 bits per heavy atom. The number of pyridine rings is 1. The lowest BCUT2D eigenvalue weighted by atomic mass is 9.97. The van der Waals surface area contributed by atoms with Gasteiger partial charge in [0.1, 0.15) is 0 Å². The van der Waals surface area contributed by atoms with Crippen LogP contribution < -0.4 is 4.31 Å². The molecule has 0 unspecified atom stereocenters. The molecule has 0 bridgehead atoms. The maximum atomic E-state index is 13.1. The Morgan fingerprint density at radius 1 is 0.964 bits per heavy atom. The van der Waals surface area contributed by atoms with Crippen LogP contribution in [0.1, 0.15) is 27.9 Å². The van der Waals surface area contributed by atoms with Gasteiger partial charge in [0, 0.05) is 11.1 Å². The molecule has 6 heteroatoms. The fraction of sp³-hybridized carbons (Fsp3) is 0.273. The lowest BCUT2D eigenvalue weighted by molar-refractivity contribution is -0.116. The molecule has 0 fully saturated rings. The zero-order valence-corrected chi connectivity index (χ0v) is 17.6. The summed E-state index contributed by atoms with van der Waals surface area (Å²) in [5, 5.41) is 0.784. The Kier molecular flexibility index (Phi) is 5.26. The summed E-state index contributed by atoms with van der Waals surface area (Å²) in [6.45, 7) is 7.78. The number of hydrogen-bond donors (Lipinski definition) is 0. The summed E-state index contributed by atoms with van der Waals surface area (Å²) in [6.07, 6.45) is 1.08. The molecular weight excluding hydrogens is 372 g/mol. The normalized spacial score (nSPS) is 11.6. The largest absolute Gasteiger partial charge is 0.273 e. The van der Waals surface area contributed by atoms with Gasteiger partial charge in [0.15, 0.2) is 0 Å². The number of aryl methyl sites for hydroxylation is 4. The van der Waals surface area contributed by atoms with Crippen molar-refractivity contribution in [2.75, 3.05) is 10.6 Å². The number of carbonyl (C=O) groups excluding carboxylic acids is 1. The highest BCUT2D eigenvalue weighted by Crippen LogP contribution is 2.25. The molecule has 0 aliphatic heterocycles. The maximum absolute atomic E-state index is 13.1. The van der Waals surface area contributed by atoms with Crippen LogP contribution in [0.3, 0.4) is 0 Å². The van der Waals surface area contributed by atoms with E-state index in [4.69, 9.17) is 0 Å². The van der Waals surface area contributed by atoms with Crippen LogP contribution in [0.4, 0.5) is 5.69 Å². The molecule has 146 valence electrons. The first-order valence-electron chi connectivity index (χ1n) is 9.03. The van der Waals surface area contributed by atoms with E-state index < -0.39 is 15.9 Å². The fourth-order valence-electron chi connectivity index (χ4n) is 3.57. The van der Waals surface area contributed by atoms with Crippen molar-refractivity contribution in [2.24, 2.45) is 0 Å². The average Bonchev–Trinajstić information content (AvgIpc) is 2.57. The number of nitrogens with zero attached hydrogens (tertiary/aromatic N) is 2. The predicted octanol–water partition coefficient (Wildman–Crippen LogP) is 4.00. The Bertz CT molecular complexity index is 1160. The van der Waals surface area contributed by atoms with Crippen molar-refractivity contribution in [2.45, 2.75) is 34.1 Å². The van der Waals surface area contributed by atoms with Gasteiger partial charge in [-0.25, -0.2) is 12.7 Å². The van der Waals surface area contributed by atoms with Crippen LogP contribution in [0.2, 0.25) is 0 Å². The van der Waals surface area contributed by atoms with Crippen LogP contribution in [0.25, 0.3) is 10.9 Å². The molecule has 2 aromatic carbocycles. The molecule has 1 aromatic heterocycles. The second-order valence-electron chi connectivity index (χ2n) is 7.30. The molecule has 0 aliphatic rings. The van der Waals surface area contributed by atoms with Crippen molar-refractivity contribution in [1.29, 1.82) is 0 Å². The molecule has 1 heterocycles. The number of anilines is 1. The number of rotatable bonds is 4. The van der Waals surface area contributed by atoms with Crippen molar-refractivity contribution in [3.8, 4) is 0 Å². The van der Waals surface area contributed by atoms with Crippen LogP contribution in [0.15, 0.2) is 42.5 Å². The minimum absolute atomic E-state index is 0.0230. The fourth-order valence-corrected chi connectivity index (χ4v) is 4.50. The smallest absolute Gasteiger partial charge is 0.245 e. The van der Waals surface area contributed by atoms with Crippen molar-refractivity contribution >= 4 is 32.5 Å². The van der Waals surface area contributed by atoms with E-state index in [9.17, 15) is 13.2 Å². The molecule has 0 aliphatic carbocycles. The van der Waals surface area contributed by atoms with Crippen LogP contribution in [-0.2, 0) is 21.2 Å². The first-order chi connectivity index (χ1) is 13.1. The number of carbonyl (C=O) groups is 1. The summed E-state index contributed by atoms with van der Waals surface area (Å²) in [7, 11) is -3.78. The van der Waals surface area contributed by atoms with Gasteiger partial charge < -0.3 is 0 Å². The maximum Gasteiger partial charge on any atom is 0.245 e. The predicted molar refractivity (Wildman–Crippen MR) is 113 cm³/mol. The third-order valence-corrected chi connectivity index (χ3v) is 5.85. The molecule has 0 spiro atoms. The van der Waals surface area contributed by atoms with E-state index in [2.05, 4.69) is 4.98 Å². The Labute approximate surface area is 166 Å². The van der Waals surface area contributed by atoms with Crippen molar-refractivity contribution < 1.29 is 13.2 Å². The molecule has 0 saturated carbocycles. The zero-order valence-electron chi connectivity index (χ0n) is 16.8. The highest BCUT2D eigenvalue weighted by atomic mass is 32.2. The molecule has 0 atom stereocenters. The Hall–Kier alpha value is -2.73. The third-order valence-electron chi connectivity index (χ3n) is 4.77. The van der Waals surface area contributed by atoms with E-state index >= 15 is 0 Å². The first-order valence-corrected chi connectivity index (χ1v) is 10.9. The van der Waals surface area contributed by atoms with E-state index in [0.29, 0.717) is 5.69 Å². The summed E-state index contributed by atoms with van der Waals surface area (Å²) in [5.74, 6) is -0.475. The average molecular weight is 397 g/mol. The molecule has 0 radical (unpaired) electrons. The Balaban J connectivity index is 2.04. The first kappa shape index (κ1) is 20.0. The summed E-state index contributed by atoms with van der Waals surface area (Å²) >= 11 is 0. The second-order valence-corrected chi connectivity index (χ2v) is 9.14. The van der Waals surface area contributed by atoms with Gasteiger partial charge in [0.25, 0.3) is 0 Å². The standard InChI is InChI=1S/C22H24N2O3S/c1-14-10-15(2)20(16(3)11-14)13-22(25)24(28(5,26)27)19-8-9-21-18(12-19)7-6-17(4)23-21/h6-12H,13H2,1-5H3. The number of benzene rings is 2. The molecule has 28 heavy (non-hydrogen) atoms. The molecule has 3 aromatic rings. The van der Waals surface area contributed by atoms with Gasteiger partial charge in [-0.05, 0) is 68.7 Å². The third kappa shape index (κ3) is 4.07. The van der Waals surface area contributed by atoms with Crippen LogP contribution in [-0.4, -0.2) is 25.6 Å². The number of aromatic nitrogens is 1. The van der Waals surface area contributed by atoms with Gasteiger partial charge in [0.2, 0.25) is 15.9 Å². The highest BCUT2D eigenvalue weighted by Gasteiger charge is 2.26. The summed E-state index contributed by atoms with van der Waals surface area (Å²) in [6, 6.07) is 12.8. The van der Waals surface area contributed by atoms with Crippen LogP contribution >= 0.6 is 0 Å². The molecule has 0 saturated heterocycles. The number of hydrogen-bond acceptors (Lipinski definition) is 4. The second kappa shape index (κ2) is 7.36. The van der Waals surface area contributed by atoms with Crippen molar-refractivity contribution in [3.63, 3.8) is 0 Å². The van der Waals surface area contributed by atoms with Crippen LogP contribution in [0, 0.1) is 27.7 Å². The zero-order chi connectivity index (χ0) is 20.6. The molecular formula is C22H24N2O3S. The lowest BCUT2D eigenvalue weighted by Gasteiger charge is -2.22. The van der Waals surface area contributed by atoms with Gasteiger partial charge in [-0.15, -0.1) is 0 Å². The SMILES string of the molecule is Cc1cc(C)c(CC(=O)N(c2ccc3nc(C)ccc3c2)S(C)(=O)=O)c(C)c1. The summed E-state index contributed by atoms with van der Waals surface area (Å²) < 4.78 is 25.8. The number of amides is 1. The number of sulfonamides is 1. The van der Waals surface area contributed by atoms with Crippen LogP contribution in [0.5, 0.6) is 0 Å². The summed E-state index contributed by atoms with van der Waals surface area (Å²) in [4.78, 5) is 17.5. The minimum atomic E-state index is -3.78. The van der Waals surface area contributed by atoms with Gasteiger partial charge in [-0.1, -0.05) is 23.8 Å². The number of fused-ring (bicyclic) bond motifs is 1. The summed E-state index contributed by atoms with van der Waals surface area (Å²) in [5.41, 5.74) is 5.91.